The second kappa shape index (κ2) is 5.90. The molecule has 1 aromatic carbocycles. The molecule has 98 valence electrons. The van der Waals surface area contributed by atoms with Gasteiger partial charge in [0.1, 0.15) is 11.5 Å². The Morgan fingerprint density at radius 3 is 2.68 bits per heavy atom. The standard InChI is InChI=1S/C13H12FN3O2/c14-11-1-2-13(17(18)19)12(9-11)16-8-5-10-3-6-15-7-4-10/h1-4,6-7,9,16H,5,8H2. The summed E-state index contributed by atoms with van der Waals surface area (Å²) < 4.78 is 13.1. The van der Waals surface area contributed by atoms with Crippen LogP contribution in [-0.4, -0.2) is 16.5 Å². The summed E-state index contributed by atoms with van der Waals surface area (Å²) in [7, 11) is 0. The summed E-state index contributed by atoms with van der Waals surface area (Å²) >= 11 is 0. The Balaban J connectivity index is 2.03. The molecule has 0 spiro atoms. The fourth-order valence-electron chi connectivity index (χ4n) is 1.70. The van der Waals surface area contributed by atoms with E-state index in [9.17, 15) is 14.5 Å². The van der Waals surface area contributed by atoms with Crippen LogP contribution in [0.4, 0.5) is 15.8 Å². The molecular formula is C13H12FN3O2. The van der Waals surface area contributed by atoms with Gasteiger partial charge in [0.25, 0.3) is 5.69 Å². The third-order valence-electron chi connectivity index (χ3n) is 2.63. The molecule has 2 rings (SSSR count). The van der Waals surface area contributed by atoms with Crippen LogP contribution in [0.15, 0.2) is 42.7 Å². The van der Waals surface area contributed by atoms with Gasteiger partial charge >= 0.3 is 0 Å². The first-order valence-electron chi connectivity index (χ1n) is 5.73. The molecule has 5 nitrogen and oxygen atoms in total. The molecule has 0 amide bonds. The molecule has 0 aliphatic heterocycles. The molecule has 1 heterocycles. The van der Waals surface area contributed by atoms with Crippen LogP contribution >= 0.6 is 0 Å². The molecule has 2 aromatic rings. The number of anilines is 1. The van der Waals surface area contributed by atoms with Crippen LogP contribution in [0, 0.1) is 15.9 Å². The van der Waals surface area contributed by atoms with E-state index in [2.05, 4.69) is 10.3 Å². The molecule has 0 aliphatic carbocycles. The van der Waals surface area contributed by atoms with E-state index < -0.39 is 10.7 Å². The minimum Gasteiger partial charge on any atom is -0.379 e. The van der Waals surface area contributed by atoms with Crippen molar-refractivity contribution in [2.75, 3.05) is 11.9 Å². The van der Waals surface area contributed by atoms with Crippen LogP contribution in [0.3, 0.4) is 0 Å². The highest BCUT2D eigenvalue weighted by atomic mass is 19.1. The molecule has 1 N–H and O–H groups in total. The number of nitro groups is 1. The van der Waals surface area contributed by atoms with Crippen molar-refractivity contribution in [1.82, 2.24) is 4.98 Å². The highest BCUT2D eigenvalue weighted by molar-refractivity contribution is 5.61. The summed E-state index contributed by atoms with van der Waals surface area (Å²) in [4.78, 5) is 14.2. The van der Waals surface area contributed by atoms with Crippen molar-refractivity contribution >= 4 is 11.4 Å². The third kappa shape index (κ3) is 3.48. The number of hydrogen-bond acceptors (Lipinski definition) is 4. The first-order chi connectivity index (χ1) is 9.16. The maximum atomic E-state index is 13.1. The number of nitrogens with zero attached hydrogens (tertiary/aromatic N) is 2. The fourth-order valence-corrected chi connectivity index (χ4v) is 1.70. The zero-order valence-electron chi connectivity index (χ0n) is 10.0. The van der Waals surface area contributed by atoms with Gasteiger partial charge in [-0.15, -0.1) is 0 Å². The number of halogens is 1. The lowest BCUT2D eigenvalue weighted by atomic mass is 10.2. The van der Waals surface area contributed by atoms with Crippen LogP contribution < -0.4 is 5.32 Å². The molecule has 0 fully saturated rings. The number of hydrogen-bond donors (Lipinski definition) is 1. The lowest BCUT2D eigenvalue weighted by molar-refractivity contribution is -0.384. The zero-order valence-corrected chi connectivity index (χ0v) is 10.0. The molecule has 0 bridgehead atoms. The SMILES string of the molecule is O=[N+]([O-])c1ccc(F)cc1NCCc1ccncc1. The summed E-state index contributed by atoms with van der Waals surface area (Å²) in [5.74, 6) is -0.503. The van der Waals surface area contributed by atoms with Crippen molar-refractivity contribution in [3.8, 4) is 0 Å². The Hall–Kier alpha value is -2.50. The van der Waals surface area contributed by atoms with E-state index >= 15 is 0 Å². The predicted octanol–water partition coefficient (Wildman–Crippen LogP) is 2.78. The van der Waals surface area contributed by atoms with E-state index in [4.69, 9.17) is 0 Å². The molecular weight excluding hydrogens is 249 g/mol. The van der Waals surface area contributed by atoms with Crippen molar-refractivity contribution in [3.63, 3.8) is 0 Å². The lowest BCUT2D eigenvalue weighted by Crippen LogP contribution is -2.07. The summed E-state index contributed by atoms with van der Waals surface area (Å²) in [6.07, 6.45) is 4.04. The first kappa shape index (κ1) is 12.9. The predicted molar refractivity (Wildman–Crippen MR) is 69.5 cm³/mol. The Morgan fingerprint density at radius 2 is 2.00 bits per heavy atom. The van der Waals surface area contributed by atoms with Crippen molar-refractivity contribution in [2.45, 2.75) is 6.42 Å². The first-order valence-corrected chi connectivity index (χ1v) is 5.73. The molecule has 1 aromatic heterocycles. The molecule has 6 heteroatoms. The summed E-state index contributed by atoms with van der Waals surface area (Å²) in [6.45, 7) is 0.480. The van der Waals surface area contributed by atoms with Gasteiger partial charge in [0, 0.05) is 31.1 Å². The average molecular weight is 261 g/mol. The van der Waals surface area contributed by atoms with Crippen LogP contribution in [0.2, 0.25) is 0 Å². The van der Waals surface area contributed by atoms with Gasteiger partial charge in [-0.2, -0.15) is 0 Å². The minimum atomic E-state index is -0.534. The second-order valence-corrected chi connectivity index (χ2v) is 3.95. The van der Waals surface area contributed by atoms with Crippen LogP contribution in [0.1, 0.15) is 5.56 Å². The fraction of sp³-hybridized carbons (Fsp3) is 0.154. The molecule has 0 unspecified atom stereocenters. The monoisotopic (exact) mass is 261 g/mol. The van der Waals surface area contributed by atoms with Gasteiger partial charge in [-0.05, 0) is 30.2 Å². The van der Waals surface area contributed by atoms with Gasteiger partial charge in [0.05, 0.1) is 4.92 Å². The Kier molecular flexibility index (Phi) is 4.02. The quantitative estimate of drug-likeness (QED) is 0.663. The Bertz CT molecular complexity index is 575. The number of aromatic nitrogens is 1. The van der Waals surface area contributed by atoms with Gasteiger partial charge < -0.3 is 5.32 Å². The van der Waals surface area contributed by atoms with E-state index in [0.717, 1.165) is 23.8 Å². The largest absolute Gasteiger partial charge is 0.379 e. The molecule has 19 heavy (non-hydrogen) atoms. The van der Waals surface area contributed by atoms with E-state index in [1.165, 1.54) is 0 Å². The number of rotatable bonds is 5. The average Bonchev–Trinajstić information content (AvgIpc) is 2.39. The van der Waals surface area contributed by atoms with E-state index in [1.54, 1.807) is 12.4 Å². The van der Waals surface area contributed by atoms with Gasteiger partial charge in [-0.1, -0.05) is 0 Å². The summed E-state index contributed by atoms with van der Waals surface area (Å²) in [6, 6.07) is 7.09. The molecule has 0 saturated heterocycles. The summed E-state index contributed by atoms with van der Waals surface area (Å²) in [5, 5.41) is 13.7. The van der Waals surface area contributed by atoms with Crippen molar-refractivity contribution in [3.05, 3.63) is 64.2 Å². The Labute approximate surface area is 109 Å². The highest BCUT2D eigenvalue weighted by Crippen LogP contribution is 2.24. The van der Waals surface area contributed by atoms with Crippen molar-refractivity contribution in [2.24, 2.45) is 0 Å². The number of pyridine rings is 1. The van der Waals surface area contributed by atoms with Crippen LogP contribution in [0.25, 0.3) is 0 Å². The number of nitro benzene ring substituents is 1. The highest BCUT2D eigenvalue weighted by Gasteiger charge is 2.13. The van der Waals surface area contributed by atoms with Crippen molar-refractivity contribution < 1.29 is 9.31 Å². The maximum absolute atomic E-state index is 13.1. The minimum absolute atomic E-state index is 0.129. The Morgan fingerprint density at radius 1 is 1.26 bits per heavy atom. The maximum Gasteiger partial charge on any atom is 0.292 e. The number of benzene rings is 1. The van der Waals surface area contributed by atoms with E-state index in [1.807, 2.05) is 12.1 Å². The topological polar surface area (TPSA) is 68.1 Å². The number of nitrogens with one attached hydrogen (secondary N) is 1. The molecule has 0 radical (unpaired) electrons. The second-order valence-electron chi connectivity index (χ2n) is 3.95. The molecule has 0 saturated carbocycles. The van der Waals surface area contributed by atoms with Gasteiger partial charge in [-0.3, -0.25) is 15.1 Å². The smallest absolute Gasteiger partial charge is 0.292 e. The van der Waals surface area contributed by atoms with Crippen LogP contribution in [-0.2, 0) is 6.42 Å². The van der Waals surface area contributed by atoms with Gasteiger partial charge in [0.15, 0.2) is 0 Å². The molecule has 0 aliphatic rings. The lowest BCUT2D eigenvalue weighted by Gasteiger charge is -2.07. The summed E-state index contributed by atoms with van der Waals surface area (Å²) in [5.41, 5.74) is 1.12. The van der Waals surface area contributed by atoms with E-state index in [0.29, 0.717) is 13.0 Å². The van der Waals surface area contributed by atoms with Gasteiger partial charge in [0.2, 0.25) is 0 Å². The van der Waals surface area contributed by atoms with Crippen LogP contribution in [0.5, 0.6) is 0 Å². The van der Waals surface area contributed by atoms with Gasteiger partial charge in [-0.25, -0.2) is 4.39 Å². The normalized spacial score (nSPS) is 10.2. The third-order valence-corrected chi connectivity index (χ3v) is 2.63. The molecule has 0 atom stereocenters. The van der Waals surface area contributed by atoms with Crippen molar-refractivity contribution in [1.29, 1.82) is 0 Å². The van der Waals surface area contributed by atoms with E-state index in [-0.39, 0.29) is 11.4 Å². The zero-order chi connectivity index (χ0) is 13.7.